The van der Waals surface area contributed by atoms with E-state index in [0.717, 1.165) is 32.7 Å². The number of piperazine rings is 1. The summed E-state index contributed by atoms with van der Waals surface area (Å²) in [5, 5.41) is 0. The third kappa shape index (κ3) is 3.20. The fourth-order valence-electron chi connectivity index (χ4n) is 2.94. The third-order valence-electron chi connectivity index (χ3n) is 4.31. The molecule has 116 valence electrons. The Morgan fingerprint density at radius 3 is 2.64 bits per heavy atom. The summed E-state index contributed by atoms with van der Waals surface area (Å²) >= 11 is 0. The van der Waals surface area contributed by atoms with Crippen LogP contribution in [0.25, 0.3) is 0 Å². The summed E-state index contributed by atoms with van der Waals surface area (Å²) in [6.45, 7) is 4.26. The van der Waals surface area contributed by atoms with Crippen LogP contribution in [0, 0.1) is 5.82 Å². The predicted molar refractivity (Wildman–Crippen MR) is 82.1 cm³/mol. The molecule has 1 aromatic heterocycles. The average molecular weight is 302 g/mol. The zero-order valence-corrected chi connectivity index (χ0v) is 12.8. The summed E-state index contributed by atoms with van der Waals surface area (Å²) < 4.78 is 15.4. The first kappa shape index (κ1) is 14.8. The fourth-order valence-corrected chi connectivity index (χ4v) is 2.94. The number of nitrogens with zero attached hydrogens (tertiary/aromatic N) is 2. The summed E-state index contributed by atoms with van der Waals surface area (Å²) in [7, 11) is 2.05. The Hall–Kier alpha value is -2.14. The molecule has 0 saturated carbocycles. The number of carbonyl (C=O) groups is 1. The molecule has 0 aliphatic carbocycles. The van der Waals surface area contributed by atoms with Gasteiger partial charge in [-0.25, -0.2) is 4.39 Å². The van der Waals surface area contributed by atoms with Crippen LogP contribution >= 0.6 is 0 Å². The number of hydrogen-bond donors (Lipinski definition) is 1. The molecular formula is C17H21FN3O+. The van der Waals surface area contributed by atoms with Gasteiger partial charge in [0.1, 0.15) is 12.4 Å². The van der Waals surface area contributed by atoms with E-state index >= 15 is 0 Å². The van der Waals surface area contributed by atoms with Crippen molar-refractivity contribution in [3.8, 4) is 0 Å². The van der Waals surface area contributed by atoms with E-state index in [1.54, 1.807) is 12.1 Å². The SMILES string of the molecule is Cn1cccc1C[NH+]1CCN(C(=O)c2cccc(F)c2)CC1. The van der Waals surface area contributed by atoms with E-state index in [-0.39, 0.29) is 11.7 Å². The molecule has 0 unspecified atom stereocenters. The van der Waals surface area contributed by atoms with Crippen molar-refractivity contribution in [1.29, 1.82) is 0 Å². The van der Waals surface area contributed by atoms with Crippen molar-refractivity contribution in [3.05, 3.63) is 59.7 Å². The lowest BCUT2D eigenvalue weighted by molar-refractivity contribution is -0.918. The second kappa shape index (κ2) is 6.32. The average Bonchev–Trinajstić information content (AvgIpc) is 2.92. The van der Waals surface area contributed by atoms with Crippen LogP contribution in [-0.4, -0.2) is 41.6 Å². The lowest BCUT2D eigenvalue weighted by atomic mass is 10.1. The zero-order valence-electron chi connectivity index (χ0n) is 12.8. The first-order valence-corrected chi connectivity index (χ1v) is 7.62. The highest BCUT2D eigenvalue weighted by atomic mass is 19.1. The Bertz CT molecular complexity index is 659. The molecule has 1 N–H and O–H groups in total. The van der Waals surface area contributed by atoms with Gasteiger partial charge in [-0.2, -0.15) is 0 Å². The molecule has 4 nitrogen and oxygen atoms in total. The zero-order chi connectivity index (χ0) is 15.5. The van der Waals surface area contributed by atoms with E-state index in [1.807, 2.05) is 4.90 Å². The van der Waals surface area contributed by atoms with Gasteiger partial charge in [0.2, 0.25) is 0 Å². The van der Waals surface area contributed by atoms with Gasteiger partial charge in [-0.05, 0) is 30.3 Å². The van der Waals surface area contributed by atoms with Crippen LogP contribution < -0.4 is 4.90 Å². The van der Waals surface area contributed by atoms with Crippen molar-refractivity contribution in [3.63, 3.8) is 0 Å². The monoisotopic (exact) mass is 302 g/mol. The largest absolute Gasteiger partial charge is 0.350 e. The van der Waals surface area contributed by atoms with E-state index in [9.17, 15) is 9.18 Å². The summed E-state index contributed by atoms with van der Waals surface area (Å²) in [6, 6.07) is 10.1. The summed E-state index contributed by atoms with van der Waals surface area (Å²) in [5.74, 6) is -0.434. The predicted octanol–water partition coefficient (Wildman–Crippen LogP) is 0.705. The van der Waals surface area contributed by atoms with E-state index in [4.69, 9.17) is 0 Å². The number of amides is 1. The quantitative estimate of drug-likeness (QED) is 0.889. The number of carbonyl (C=O) groups excluding carboxylic acids is 1. The lowest BCUT2D eigenvalue weighted by Crippen LogP contribution is -3.13. The van der Waals surface area contributed by atoms with Gasteiger partial charge in [0.05, 0.1) is 31.9 Å². The molecule has 1 fully saturated rings. The van der Waals surface area contributed by atoms with Crippen LogP contribution in [0.4, 0.5) is 4.39 Å². The molecule has 1 saturated heterocycles. The van der Waals surface area contributed by atoms with Gasteiger partial charge >= 0.3 is 0 Å². The van der Waals surface area contributed by atoms with Crippen molar-refractivity contribution in [1.82, 2.24) is 9.47 Å². The van der Waals surface area contributed by atoms with Crippen molar-refractivity contribution >= 4 is 5.91 Å². The molecule has 2 aromatic rings. The smallest absolute Gasteiger partial charge is 0.254 e. The molecule has 1 aromatic carbocycles. The summed E-state index contributed by atoms with van der Waals surface area (Å²) in [5.41, 5.74) is 1.74. The van der Waals surface area contributed by atoms with Gasteiger partial charge in [-0.15, -0.1) is 0 Å². The van der Waals surface area contributed by atoms with Crippen molar-refractivity contribution in [2.45, 2.75) is 6.54 Å². The topological polar surface area (TPSA) is 29.7 Å². The number of hydrogen-bond acceptors (Lipinski definition) is 1. The molecule has 0 atom stereocenters. The highest BCUT2D eigenvalue weighted by Crippen LogP contribution is 2.08. The number of aryl methyl sites for hydroxylation is 1. The molecule has 0 radical (unpaired) electrons. The van der Waals surface area contributed by atoms with Crippen molar-refractivity contribution in [2.24, 2.45) is 7.05 Å². The molecule has 0 spiro atoms. The van der Waals surface area contributed by atoms with E-state index in [1.165, 1.54) is 22.7 Å². The maximum absolute atomic E-state index is 13.2. The fraction of sp³-hybridized carbons (Fsp3) is 0.353. The van der Waals surface area contributed by atoms with Gasteiger partial charge in [0.25, 0.3) is 5.91 Å². The Morgan fingerprint density at radius 1 is 1.23 bits per heavy atom. The van der Waals surface area contributed by atoms with Gasteiger partial charge in [0, 0.05) is 18.8 Å². The van der Waals surface area contributed by atoms with Gasteiger partial charge in [0.15, 0.2) is 0 Å². The molecule has 22 heavy (non-hydrogen) atoms. The van der Waals surface area contributed by atoms with E-state index in [2.05, 4.69) is 29.9 Å². The standard InChI is InChI=1S/C17H20FN3O/c1-19-7-3-6-16(19)13-20-8-10-21(11-9-20)17(22)14-4-2-5-15(18)12-14/h2-7,12H,8-11,13H2,1H3/p+1. The Labute approximate surface area is 129 Å². The molecule has 1 amide bonds. The van der Waals surface area contributed by atoms with Crippen LogP contribution in [0.1, 0.15) is 16.1 Å². The minimum absolute atomic E-state index is 0.0718. The van der Waals surface area contributed by atoms with E-state index < -0.39 is 0 Å². The van der Waals surface area contributed by atoms with Crippen LogP contribution in [0.3, 0.4) is 0 Å². The second-order valence-corrected chi connectivity index (χ2v) is 5.84. The highest BCUT2D eigenvalue weighted by Gasteiger charge is 2.25. The van der Waals surface area contributed by atoms with Crippen LogP contribution in [0.5, 0.6) is 0 Å². The molecule has 1 aliphatic heterocycles. The number of quaternary nitrogens is 1. The first-order valence-electron chi connectivity index (χ1n) is 7.62. The number of aromatic nitrogens is 1. The number of rotatable bonds is 3. The first-order chi connectivity index (χ1) is 10.6. The van der Waals surface area contributed by atoms with E-state index in [0.29, 0.717) is 5.56 Å². The van der Waals surface area contributed by atoms with Crippen LogP contribution in [-0.2, 0) is 13.6 Å². The maximum Gasteiger partial charge on any atom is 0.254 e. The van der Waals surface area contributed by atoms with Gasteiger partial charge in [-0.3, -0.25) is 4.79 Å². The third-order valence-corrected chi connectivity index (χ3v) is 4.31. The highest BCUT2D eigenvalue weighted by molar-refractivity contribution is 5.94. The molecular weight excluding hydrogens is 281 g/mol. The summed E-state index contributed by atoms with van der Waals surface area (Å²) in [6.07, 6.45) is 2.05. The Balaban J connectivity index is 1.57. The van der Waals surface area contributed by atoms with Crippen molar-refractivity contribution < 1.29 is 14.1 Å². The molecule has 2 heterocycles. The Kier molecular flexibility index (Phi) is 4.24. The maximum atomic E-state index is 13.2. The van der Waals surface area contributed by atoms with Crippen molar-refractivity contribution in [2.75, 3.05) is 26.2 Å². The number of nitrogens with one attached hydrogen (secondary N) is 1. The minimum Gasteiger partial charge on any atom is -0.350 e. The molecule has 1 aliphatic rings. The van der Waals surface area contributed by atoms with Crippen LogP contribution in [0.2, 0.25) is 0 Å². The van der Waals surface area contributed by atoms with Crippen LogP contribution in [0.15, 0.2) is 42.6 Å². The minimum atomic E-state index is -0.362. The number of halogens is 1. The lowest BCUT2D eigenvalue weighted by Gasteiger charge is -2.32. The normalized spacial score (nSPS) is 16.0. The van der Waals surface area contributed by atoms with Gasteiger partial charge in [-0.1, -0.05) is 6.07 Å². The van der Waals surface area contributed by atoms with Gasteiger partial charge < -0.3 is 14.4 Å². The summed E-state index contributed by atoms with van der Waals surface area (Å²) in [4.78, 5) is 15.7. The molecule has 0 bridgehead atoms. The molecule has 3 rings (SSSR count). The Morgan fingerprint density at radius 2 is 2.00 bits per heavy atom. The number of benzene rings is 1. The molecule has 5 heteroatoms. The second-order valence-electron chi connectivity index (χ2n) is 5.84.